The molecule has 0 bridgehead atoms. The normalized spacial score (nSPS) is 14.4. The van der Waals surface area contributed by atoms with Gasteiger partial charge in [-0.25, -0.2) is 0 Å². The largest absolute Gasteiger partial charge is 0.417 e. The van der Waals surface area contributed by atoms with E-state index < -0.39 is 11.7 Å². The van der Waals surface area contributed by atoms with Crippen LogP contribution in [0.4, 0.5) is 18.9 Å². The van der Waals surface area contributed by atoms with Gasteiger partial charge in [-0.3, -0.25) is 0 Å². The maximum absolute atomic E-state index is 12.9. The second-order valence-corrected chi connectivity index (χ2v) is 4.87. The highest BCUT2D eigenvalue weighted by Crippen LogP contribution is 2.36. The zero-order valence-corrected chi connectivity index (χ0v) is 10.7. The van der Waals surface area contributed by atoms with E-state index in [1.165, 1.54) is 12.1 Å². The van der Waals surface area contributed by atoms with Crippen molar-refractivity contribution in [2.75, 3.05) is 18.0 Å². The van der Waals surface area contributed by atoms with Crippen LogP contribution in [0.2, 0.25) is 0 Å². The maximum Gasteiger partial charge on any atom is 0.417 e. The van der Waals surface area contributed by atoms with Gasteiger partial charge in [0.2, 0.25) is 0 Å². The van der Waals surface area contributed by atoms with Crippen LogP contribution in [0.25, 0.3) is 0 Å². The number of nitriles is 1. The zero-order chi connectivity index (χ0) is 14.8. The SMILES string of the molecule is C#CCN(CC1CC1)c1ccc(C#N)c(C(F)(F)F)c1. The lowest BCUT2D eigenvalue weighted by atomic mass is 10.1. The summed E-state index contributed by atoms with van der Waals surface area (Å²) in [4.78, 5) is 1.76. The summed E-state index contributed by atoms with van der Waals surface area (Å²) in [5.74, 6) is 2.97. The Morgan fingerprint density at radius 2 is 2.05 bits per heavy atom. The van der Waals surface area contributed by atoms with Crippen LogP contribution in [0.15, 0.2) is 18.2 Å². The van der Waals surface area contributed by atoms with E-state index in [-0.39, 0.29) is 12.1 Å². The van der Waals surface area contributed by atoms with Gasteiger partial charge in [-0.1, -0.05) is 5.92 Å². The van der Waals surface area contributed by atoms with Gasteiger partial charge in [0.25, 0.3) is 0 Å². The minimum Gasteiger partial charge on any atom is -0.360 e. The predicted molar refractivity (Wildman–Crippen MR) is 69.9 cm³/mol. The fourth-order valence-corrected chi connectivity index (χ4v) is 2.04. The monoisotopic (exact) mass is 278 g/mol. The summed E-state index contributed by atoms with van der Waals surface area (Å²) in [6.07, 6.45) is 2.91. The summed E-state index contributed by atoms with van der Waals surface area (Å²) < 4.78 is 38.8. The molecule has 1 aliphatic rings. The van der Waals surface area contributed by atoms with Crippen LogP contribution in [0, 0.1) is 29.6 Å². The Kier molecular flexibility index (Phi) is 3.90. The van der Waals surface area contributed by atoms with E-state index in [0.717, 1.165) is 18.9 Å². The fourth-order valence-electron chi connectivity index (χ4n) is 2.04. The van der Waals surface area contributed by atoms with E-state index in [2.05, 4.69) is 5.92 Å². The molecular formula is C15H13F3N2. The molecule has 0 saturated heterocycles. The Bertz CT molecular complexity index is 574. The van der Waals surface area contributed by atoms with Crippen molar-refractivity contribution < 1.29 is 13.2 Å². The Hall–Kier alpha value is -2.14. The maximum atomic E-state index is 12.9. The van der Waals surface area contributed by atoms with Gasteiger partial charge in [-0.05, 0) is 37.0 Å². The summed E-state index contributed by atoms with van der Waals surface area (Å²) in [6.45, 7) is 0.924. The molecular weight excluding hydrogens is 265 g/mol. The molecule has 1 aromatic carbocycles. The van der Waals surface area contributed by atoms with Gasteiger partial charge in [0.15, 0.2) is 0 Å². The van der Waals surface area contributed by atoms with Crippen molar-refractivity contribution >= 4 is 5.69 Å². The van der Waals surface area contributed by atoms with Crippen LogP contribution in [-0.2, 0) is 6.18 Å². The molecule has 1 aliphatic carbocycles. The lowest BCUT2D eigenvalue weighted by molar-refractivity contribution is -0.137. The summed E-state index contributed by atoms with van der Waals surface area (Å²) >= 11 is 0. The third kappa shape index (κ3) is 3.24. The van der Waals surface area contributed by atoms with Gasteiger partial charge in [0.05, 0.1) is 23.7 Å². The van der Waals surface area contributed by atoms with Gasteiger partial charge in [-0.2, -0.15) is 18.4 Å². The van der Waals surface area contributed by atoms with E-state index in [0.29, 0.717) is 18.2 Å². The van der Waals surface area contributed by atoms with E-state index in [9.17, 15) is 13.2 Å². The van der Waals surface area contributed by atoms with Gasteiger partial charge in [0, 0.05) is 12.2 Å². The van der Waals surface area contributed by atoms with Gasteiger partial charge in [0.1, 0.15) is 0 Å². The Labute approximate surface area is 115 Å². The Morgan fingerprint density at radius 3 is 2.55 bits per heavy atom. The molecule has 0 atom stereocenters. The first-order valence-corrected chi connectivity index (χ1v) is 6.25. The highest BCUT2D eigenvalue weighted by Gasteiger charge is 2.34. The van der Waals surface area contributed by atoms with Crippen molar-refractivity contribution in [2.45, 2.75) is 19.0 Å². The number of halogens is 3. The van der Waals surface area contributed by atoms with Gasteiger partial charge in [-0.15, -0.1) is 6.42 Å². The van der Waals surface area contributed by atoms with Crippen LogP contribution in [-0.4, -0.2) is 13.1 Å². The van der Waals surface area contributed by atoms with Gasteiger partial charge < -0.3 is 4.90 Å². The van der Waals surface area contributed by atoms with Crippen molar-refractivity contribution in [3.05, 3.63) is 29.3 Å². The molecule has 2 rings (SSSR count). The fraction of sp³-hybridized carbons (Fsp3) is 0.400. The number of nitrogens with zero attached hydrogens (tertiary/aromatic N) is 2. The van der Waals surface area contributed by atoms with Crippen molar-refractivity contribution in [3.63, 3.8) is 0 Å². The molecule has 1 fully saturated rings. The first-order valence-electron chi connectivity index (χ1n) is 6.25. The molecule has 0 aromatic heterocycles. The van der Waals surface area contributed by atoms with Gasteiger partial charge >= 0.3 is 6.18 Å². The molecule has 2 nitrogen and oxygen atoms in total. The molecule has 104 valence electrons. The van der Waals surface area contributed by atoms with Crippen LogP contribution in [0.3, 0.4) is 0 Å². The van der Waals surface area contributed by atoms with Crippen molar-refractivity contribution in [1.82, 2.24) is 0 Å². The first-order chi connectivity index (χ1) is 9.45. The summed E-state index contributed by atoms with van der Waals surface area (Å²) in [5.41, 5.74) is -0.857. The summed E-state index contributed by atoms with van der Waals surface area (Å²) in [7, 11) is 0. The minimum atomic E-state index is -4.54. The number of terminal acetylenes is 1. The summed E-state index contributed by atoms with van der Waals surface area (Å²) in [6, 6.07) is 5.31. The number of hydrogen-bond acceptors (Lipinski definition) is 2. The van der Waals surface area contributed by atoms with Crippen molar-refractivity contribution in [3.8, 4) is 18.4 Å². The third-order valence-corrected chi connectivity index (χ3v) is 3.25. The quantitative estimate of drug-likeness (QED) is 0.789. The Balaban J connectivity index is 2.35. The van der Waals surface area contributed by atoms with Crippen molar-refractivity contribution in [2.24, 2.45) is 5.92 Å². The van der Waals surface area contributed by atoms with Crippen LogP contribution < -0.4 is 4.90 Å². The number of anilines is 1. The second kappa shape index (κ2) is 5.46. The number of hydrogen-bond donors (Lipinski definition) is 0. The smallest absolute Gasteiger partial charge is 0.360 e. The molecule has 0 amide bonds. The first kappa shape index (κ1) is 14.3. The van der Waals surface area contributed by atoms with Crippen molar-refractivity contribution in [1.29, 1.82) is 5.26 Å². The highest BCUT2D eigenvalue weighted by molar-refractivity contribution is 5.55. The van der Waals surface area contributed by atoms with E-state index >= 15 is 0 Å². The molecule has 0 heterocycles. The average molecular weight is 278 g/mol. The molecule has 1 saturated carbocycles. The summed E-state index contributed by atoms with van der Waals surface area (Å²) in [5, 5.41) is 8.77. The lowest BCUT2D eigenvalue weighted by Gasteiger charge is -2.23. The average Bonchev–Trinajstić information content (AvgIpc) is 3.20. The van der Waals surface area contributed by atoms with Crippen LogP contribution in [0.1, 0.15) is 24.0 Å². The Morgan fingerprint density at radius 1 is 1.35 bits per heavy atom. The molecule has 20 heavy (non-hydrogen) atoms. The third-order valence-electron chi connectivity index (χ3n) is 3.25. The van der Waals surface area contributed by atoms with Crippen LogP contribution in [0.5, 0.6) is 0 Å². The predicted octanol–water partition coefficient (Wildman–Crippen LogP) is 3.43. The molecule has 1 aromatic rings. The molecule has 0 N–H and O–H groups in total. The molecule has 5 heteroatoms. The molecule has 0 radical (unpaired) electrons. The van der Waals surface area contributed by atoms with E-state index in [1.54, 1.807) is 11.0 Å². The number of rotatable bonds is 4. The minimum absolute atomic E-state index is 0.264. The zero-order valence-electron chi connectivity index (χ0n) is 10.7. The van der Waals surface area contributed by atoms with E-state index in [1.807, 2.05) is 0 Å². The standard InChI is InChI=1S/C15H13F3N2/c1-2-7-20(10-11-3-4-11)13-6-5-12(9-19)14(8-13)15(16,17)18/h1,5-6,8,11H,3-4,7,10H2. The molecule has 0 spiro atoms. The van der Waals surface area contributed by atoms with Crippen LogP contribution >= 0.6 is 0 Å². The lowest BCUT2D eigenvalue weighted by Crippen LogP contribution is -2.26. The molecule has 0 aliphatic heterocycles. The molecule has 0 unspecified atom stereocenters. The second-order valence-electron chi connectivity index (χ2n) is 4.87. The number of benzene rings is 1. The highest BCUT2D eigenvalue weighted by atomic mass is 19.4. The topological polar surface area (TPSA) is 27.0 Å². The number of alkyl halides is 3. The van der Waals surface area contributed by atoms with E-state index in [4.69, 9.17) is 11.7 Å².